The highest BCUT2D eigenvalue weighted by Gasteiger charge is 2.10. The SMILES string of the molecule is CCC(C)CC(C)NC(=O)CCc1ccc(C(=O)O)cc1. The van der Waals surface area contributed by atoms with Crippen molar-refractivity contribution in [2.75, 3.05) is 0 Å². The number of carbonyl (C=O) groups is 2. The van der Waals surface area contributed by atoms with Crippen molar-refractivity contribution in [3.63, 3.8) is 0 Å². The maximum atomic E-state index is 11.9. The molecule has 0 aliphatic heterocycles. The highest BCUT2D eigenvalue weighted by atomic mass is 16.4. The first-order valence-electron chi connectivity index (χ1n) is 7.54. The van der Waals surface area contributed by atoms with E-state index in [1.54, 1.807) is 24.3 Å². The Bertz CT molecular complexity index is 467. The third-order valence-electron chi connectivity index (χ3n) is 3.70. The van der Waals surface area contributed by atoms with Gasteiger partial charge in [-0.25, -0.2) is 4.79 Å². The molecule has 0 heterocycles. The highest BCUT2D eigenvalue weighted by molar-refractivity contribution is 5.87. The van der Waals surface area contributed by atoms with Crippen LogP contribution in [0.25, 0.3) is 0 Å². The van der Waals surface area contributed by atoms with E-state index in [1.807, 2.05) is 6.92 Å². The number of carboxylic acids is 1. The number of hydrogen-bond acceptors (Lipinski definition) is 2. The second kappa shape index (κ2) is 8.45. The minimum Gasteiger partial charge on any atom is -0.478 e. The minimum atomic E-state index is -0.932. The average molecular weight is 291 g/mol. The van der Waals surface area contributed by atoms with Gasteiger partial charge < -0.3 is 10.4 Å². The Labute approximate surface area is 126 Å². The molecule has 0 bridgehead atoms. The van der Waals surface area contributed by atoms with Crippen molar-refractivity contribution in [1.29, 1.82) is 0 Å². The van der Waals surface area contributed by atoms with E-state index in [-0.39, 0.29) is 17.5 Å². The van der Waals surface area contributed by atoms with Gasteiger partial charge in [-0.3, -0.25) is 4.79 Å². The van der Waals surface area contributed by atoms with Crippen LogP contribution in [0.1, 0.15) is 56.0 Å². The van der Waals surface area contributed by atoms with E-state index in [4.69, 9.17) is 5.11 Å². The molecule has 4 nitrogen and oxygen atoms in total. The number of benzene rings is 1. The van der Waals surface area contributed by atoms with Crippen LogP contribution in [0.2, 0.25) is 0 Å². The molecule has 0 saturated carbocycles. The van der Waals surface area contributed by atoms with Gasteiger partial charge in [0.05, 0.1) is 5.56 Å². The van der Waals surface area contributed by atoms with Crippen molar-refractivity contribution in [1.82, 2.24) is 5.32 Å². The zero-order chi connectivity index (χ0) is 15.8. The molecule has 116 valence electrons. The van der Waals surface area contributed by atoms with Crippen LogP contribution < -0.4 is 5.32 Å². The number of carbonyl (C=O) groups excluding carboxylic acids is 1. The lowest BCUT2D eigenvalue weighted by molar-refractivity contribution is -0.121. The molecule has 0 spiro atoms. The molecule has 0 saturated heterocycles. The van der Waals surface area contributed by atoms with Crippen LogP contribution in [0.3, 0.4) is 0 Å². The van der Waals surface area contributed by atoms with E-state index in [2.05, 4.69) is 19.2 Å². The number of nitrogens with one attached hydrogen (secondary N) is 1. The lowest BCUT2D eigenvalue weighted by Gasteiger charge is -2.17. The normalized spacial score (nSPS) is 13.5. The summed E-state index contributed by atoms with van der Waals surface area (Å²) >= 11 is 0. The van der Waals surface area contributed by atoms with Gasteiger partial charge in [0.2, 0.25) is 5.91 Å². The third-order valence-corrected chi connectivity index (χ3v) is 3.70. The van der Waals surface area contributed by atoms with Crippen LogP contribution in [0.5, 0.6) is 0 Å². The van der Waals surface area contributed by atoms with Gasteiger partial charge in [0.25, 0.3) is 0 Å². The average Bonchev–Trinajstić information content (AvgIpc) is 2.45. The van der Waals surface area contributed by atoms with Gasteiger partial charge in [-0.15, -0.1) is 0 Å². The van der Waals surface area contributed by atoms with Gasteiger partial charge in [0.1, 0.15) is 0 Å². The van der Waals surface area contributed by atoms with Crippen molar-refractivity contribution >= 4 is 11.9 Å². The minimum absolute atomic E-state index is 0.0492. The largest absolute Gasteiger partial charge is 0.478 e. The van der Waals surface area contributed by atoms with Gasteiger partial charge in [-0.05, 0) is 43.4 Å². The number of aromatic carboxylic acids is 1. The van der Waals surface area contributed by atoms with E-state index in [0.717, 1.165) is 18.4 Å². The molecule has 4 heteroatoms. The molecular weight excluding hydrogens is 266 g/mol. The Morgan fingerprint density at radius 2 is 1.81 bits per heavy atom. The van der Waals surface area contributed by atoms with Crippen molar-refractivity contribution in [2.24, 2.45) is 5.92 Å². The molecular formula is C17H25NO3. The lowest BCUT2D eigenvalue weighted by Crippen LogP contribution is -2.33. The maximum Gasteiger partial charge on any atom is 0.335 e. The number of aryl methyl sites for hydroxylation is 1. The zero-order valence-corrected chi connectivity index (χ0v) is 13.1. The van der Waals surface area contributed by atoms with Gasteiger partial charge >= 0.3 is 5.97 Å². The topological polar surface area (TPSA) is 66.4 Å². The highest BCUT2D eigenvalue weighted by Crippen LogP contribution is 2.10. The van der Waals surface area contributed by atoms with E-state index >= 15 is 0 Å². The zero-order valence-electron chi connectivity index (χ0n) is 13.1. The molecule has 2 unspecified atom stereocenters. The van der Waals surface area contributed by atoms with Crippen LogP contribution in [-0.4, -0.2) is 23.0 Å². The Kier molecular flexibility index (Phi) is 6.92. The Balaban J connectivity index is 2.37. The van der Waals surface area contributed by atoms with Crippen molar-refractivity contribution in [2.45, 2.75) is 52.5 Å². The van der Waals surface area contributed by atoms with Crippen molar-refractivity contribution in [3.05, 3.63) is 35.4 Å². The van der Waals surface area contributed by atoms with Crippen molar-refractivity contribution in [3.8, 4) is 0 Å². The smallest absolute Gasteiger partial charge is 0.335 e. The molecule has 2 N–H and O–H groups in total. The number of amides is 1. The van der Waals surface area contributed by atoms with E-state index < -0.39 is 5.97 Å². The first-order chi connectivity index (χ1) is 9.92. The summed E-state index contributed by atoms with van der Waals surface area (Å²) in [4.78, 5) is 22.6. The summed E-state index contributed by atoms with van der Waals surface area (Å²) < 4.78 is 0. The predicted molar refractivity (Wildman–Crippen MR) is 83.4 cm³/mol. The van der Waals surface area contributed by atoms with Crippen LogP contribution in [0.15, 0.2) is 24.3 Å². The van der Waals surface area contributed by atoms with E-state index in [9.17, 15) is 9.59 Å². The predicted octanol–water partition coefficient (Wildman–Crippen LogP) is 3.26. The number of carboxylic acid groups (broad SMARTS) is 1. The number of hydrogen-bond donors (Lipinski definition) is 2. The monoisotopic (exact) mass is 291 g/mol. The summed E-state index contributed by atoms with van der Waals surface area (Å²) in [7, 11) is 0. The second-order valence-corrected chi connectivity index (χ2v) is 5.72. The van der Waals surface area contributed by atoms with Crippen LogP contribution in [0, 0.1) is 5.92 Å². The van der Waals surface area contributed by atoms with Gasteiger partial charge in [-0.2, -0.15) is 0 Å². The molecule has 1 aromatic rings. The fourth-order valence-electron chi connectivity index (χ4n) is 2.25. The molecule has 1 amide bonds. The maximum absolute atomic E-state index is 11.9. The van der Waals surface area contributed by atoms with E-state index in [1.165, 1.54) is 0 Å². The van der Waals surface area contributed by atoms with Crippen molar-refractivity contribution < 1.29 is 14.7 Å². The molecule has 1 rings (SSSR count). The first-order valence-corrected chi connectivity index (χ1v) is 7.54. The molecule has 0 radical (unpaired) electrons. The van der Waals surface area contributed by atoms with Gasteiger partial charge in [-0.1, -0.05) is 32.4 Å². The molecule has 0 aliphatic carbocycles. The summed E-state index contributed by atoms with van der Waals surface area (Å²) in [5, 5.41) is 11.8. The Morgan fingerprint density at radius 1 is 1.19 bits per heavy atom. The molecule has 0 aliphatic rings. The second-order valence-electron chi connectivity index (χ2n) is 5.72. The standard InChI is InChI=1S/C17H25NO3/c1-4-12(2)11-13(3)18-16(19)10-7-14-5-8-15(9-6-14)17(20)21/h5-6,8-9,12-13H,4,7,10-11H2,1-3H3,(H,18,19)(H,20,21). The van der Waals surface area contributed by atoms with Crippen LogP contribution in [0.4, 0.5) is 0 Å². The summed E-state index contributed by atoms with van der Waals surface area (Å²) in [6.45, 7) is 6.37. The van der Waals surface area contributed by atoms with Crippen LogP contribution >= 0.6 is 0 Å². The summed E-state index contributed by atoms with van der Waals surface area (Å²) in [5.74, 6) is -0.268. The van der Waals surface area contributed by atoms with Gasteiger partial charge in [0, 0.05) is 12.5 Å². The summed E-state index contributed by atoms with van der Waals surface area (Å²) in [6.07, 6.45) is 3.17. The molecule has 21 heavy (non-hydrogen) atoms. The Morgan fingerprint density at radius 3 is 2.33 bits per heavy atom. The fourth-order valence-corrected chi connectivity index (χ4v) is 2.25. The molecule has 2 atom stereocenters. The lowest BCUT2D eigenvalue weighted by atomic mass is 10.00. The van der Waals surface area contributed by atoms with Crippen LogP contribution in [-0.2, 0) is 11.2 Å². The molecule has 0 aromatic heterocycles. The first kappa shape index (κ1) is 17.2. The molecule has 0 fully saturated rings. The summed E-state index contributed by atoms with van der Waals surface area (Å²) in [6, 6.07) is 6.86. The quantitative estimate of drug-likeness (QED) is 0.772. The Hall–Kier alpha value is -1.84. The summed E-state index contributed by atoms with van der Waals surface area (Å²) in [5.41, 5.74) is 1.25. The van der Waals surface area contributed by atoms with E-state index in [0.29, 0.717) is 18.8 Å². The number of rotatable bonds is 8. The van der Waals surface area contributed by atoms with Gasteiger partial charge in [0.15, 0.2) is 0 Å². The molecule has 1 aromatic carbocycles. The fraction of sp³-hybridized carbons (Fsp3) is 0.529. The third kappa shape index (κ3) is 6.43.